The SMILES string of the molecule is COC1CC(OC)CC(N(CCNC(C)C)c2ccc3c(c2)N=C(C(=O)NCCCN2CCN(C)CC2)CN3)C1. The van der Waals surface area contributed by atoms with E-state index in [2.05, 4.69) is 69.7 Å². The van der Waals surface area contributed by atoms with E-state index in [0.717, 1.165) is 88.6 Å². The maximum atomic E-state index is 13.0. The second-order valence-corrected chi connectivity index (χ2v) is 11.7. The van der Waals surface area contributed by atoms with Crippen molar-refractivity contribution in [1.29, 1.82) is 0 Å². The second kappa shape index (κ2) is 15.1. The van der Waals surface area contributed by atoms with Crippen LogP contribution in [-0.4, -0.2) is 126 Å². The van der Waals surface area contributed by atoms with Crippen LogP contribution in [0.1, 0.15) is 39.5 Å². The number of likely N-dealkylation sites (N-methyl/N-ethyl adjacent to an activating group) is 1. The van der Waals surface area contributed by atoms with Crippen molar-refractivity contribution in [2.75, 3.05) is 90.4 Å². The first-order chi connectivity index (χ1) is 19.4. The van der Waals surface area contributed by atoms with Crippen molar-refractivity contribution in [3.63, 3.8) is 0 Å². The van der Waals surface area contributed by atoms with Crippen LogP contribution in [0.5, 0.6) is 0 Å². The zero-order valence-corrected chi connectivity index (χ0v) is 25.2. The van der Waals surface area contributed by atoms with Gasteiger partial charge < -0.3 is 40.1 Å². The number of carbonyl (C=O) groups is 1. The third kappa shape index (κ3) is 8.63. The van der Waals surface area contributed by atoms with Gasteiger partial charge in [0, 0.05) is 77.8 Å². The Morgan fingerprint density at radius 2 is 1.82 bits per heavy atom. The molecule has 1 saturated heterocycles. The number of methoxy groups -OCH3 is 2. The van der Waals surface area contributed by atoms with E-state index in [1.165, 1.54) is 0 Å². The molecule has 2 atom stereocenters. The molecule has 2 heterocycles. The summed E-state index contributed by atoms with van der Waals surface area (Å²) in [4.78, 5) is 25.1. The summed E-state index contributed by atoms with van der Waals surface area (Å²) in [6.07, 6.45) is 4.13. The van der Waals surface area contributed by atoms with Gasteiger partial charge in [0.2, 0.25) is 0 Å². The van der Waals surface area contributed by atoms with Crippen molar-refractivity contribution in [2.24, 2.45) is 4.99 Å². The number of carbonyl (C=O) groups excluding carboxylic acids is 1. The summed E-state index contributed by atoms with van der Waals surface area (Å²) in [7, 11) is 5.76. The molecule has 1 aromatic carbocycles. The Morgan fingerprint density at radius 1 is 1.10 bits per heavy atom. The van der Waals surface area contributed by atoms with Crippen molar-refractivity contribution in [3.8, 4) is 0 Å². The molecule has 10 nitrogen and oxygen atoms in total. The number of nitrogens with one attached hydrogen (secondary N) is 3. The van der Waals surface area contributed by atoms with Gasteiger partial charge in [0.25, 0.3) is 5.91 Å². The summed E-state index contributed by atoms with van der Waals surface area (Å²) >= 11 is 0. The van der Waals surface area contributed by atoms with Crippen LogP contribution in [-0.2, 0) is 14.3 Å². The van der Waals surface area contributed by atoms with Crippen LogP contribution in [0.4, 0.5) is 17.1 Å². The highest BCUT2D eigenvalue weighted by atomic mass is 16.5. The minimum atomic E-state index is -0.0851. The van der Waals surface area contributed by atoms with Crippen LogP contribution < -0.4 is 20.9 Å². The number of piperazine rings is 1. The van der Waals surface area contributed by atoms with E-state index in [4.69, 9.17) is 14.5 Å². The Kier molecular flexibility index (Phi) is 11.6. The van der Waals surface area contributed by atoms with Crippen LogP contribution in [0.3, 0.4) is 0 Å². The first-order valence-electron chi connectivity index (χ1n) is 15.1. The van der Waals surface area contributed by atoms with E-state index in [0.29, 0.717) is 30.9 Å². The molecule has 40 heavy (non-hydrogen) atoms. The van der Waals surface area contributed by atoms with Crippen molar-refractivity contribution in [1.82, 2.24) is 20.4 Å². The molecular weight excluding hydrogens is 506 g/mol. The lowest BCUT2D eigenvalue weighted by Crippen LogP contribution is -2.48. The maximum absolute atomic E-state index is 13.0. The van der Waals surface area contributed by atoms with E-state index in [1.807, 2.05) is 0 Å². The number of ether oxygens (including phenoxy) is 2. The molecule has 224 valence electrons. The van der Waals surface area contributed by atoms with Gasteiger partial charge in [-0.3, -0.25) is 4.79 Å². The average molecular weight is 558 g/mol. The van der Waals surface area contributed by atoms with Crippen LogP contribution in [0.25, 0.3) is 0 Å². The first kappa shape index (κ1) is 30.7. The lowest BCUT2D eigenvalue weighted by molar-refractivity contribution is -0.114. The molecule has 4 rings (SSSR count). The lowest BCUT2D eigenvalue weighted by atomic mass is 9.88. The number of hydrogen-bond acceptors (Lipinski definition) is 9. The van der Waals surface area contributed by atoms with Crippen molar-refractivity contribution >= 4 is 28.7 Å². The molecule has 1 aliphatic carbocycles. The molecule has 0 radical (unpaired) electrons. The maximum Gasteiger partial charge on any atom is 0.267 e. The molecule has 3 N–H and O–H groups in total. The third-order valence-electron chi connectivity index (χ3n) is 8.42. The minimum Gasteiger partial charge on any atom is -0.381 e. The fourth-order valence-corrected chi connectivity index (χ4v) is 5.94. The Morgan fingerprint density at radius 3 is 2.50 bits per heavy atom. The predicted molar refractivity (Wildman–Crippen MR) is 163 cm³/mol. The van der Waals surface area contributed by atoms with E-state index in [9.17, 15) is 4.79 Å². The molecule has 1 amide bonds. The topological polar surface area (TPSA) is 93.7 Å². The van der Waals surface area contributed by atoms with Crippen molar-refractivity contribution < 1.29 is 14.3 Å². The molecular formula is C30H51N7O3. The zero-order valence-electron chi connectivity index (χ0n) is 25.2. The first-order valence-corrected chi connectivity index (χ1v) is 15.1. The van der Waals surface area contributed by atoms with E-state index in [-0.39, 0.29) is 18.1 Å². The number of aliphatic imine (C=N–C) groups is 1. The molecule has 0 aromatic heterocycles. The minimum absolute atomic E-state index is 0.0851. The quantitative estimate of drug-likeness (QED) is 0.318. The van der Waals surface area contributed by atoms with Crippen LogP contribution >= 0.6 is 0 Å². The van der Waals surface area contributed by atoms with Gasteiger partial charge in [0.15, 0.2) is 0 Å². The van der Waals surface area contributed by atoms with Gasteiger partial charge in [0.1, 0.15) is 5.71 Å². The van der Waals surface area contributed by atoms with Gasteiger partial charge in [-0.2, -0.15) is 0 Å². The Balaban J connectivity index is 1.41. The van der Waals surface area contributed by atoms with Gasteiger partial charge in [-0.05, 0) is 57.5 Å². The molecule has 3 aliphatic rings. The molecule has 2 fully saturated rings. The normalized spacial score (nSPS) is 23.9. The standard InChI is InChI=1S/C30H51N7O3/c1-22(2)31-10-12-37(24-17-25(39-4)20-26(18-24)40-5)23-7-8-27-28(19-23)34-29(21-33-27)30(38)32-9-6-11-36-15-13-35(3)14-16-36/h7-8,19,22,24-26,31,33H,6,9-18,20-21H2,1-5H3,(H,32,38). The zero-order chi connectivity index (χ0) is 28.5. The van der Waals surface area contributed by atoms with Gasteiger partial charge in [-0.15, -0.1) is 0 Å². The van der Waals surface area contributed by atoms with Gasteiger partial charge in [-0.25, -0.2) is 4.99 Å². The van der Waals surface area contributed by atoms with Gasteiger partial charge >= 0.3 is 0 Å². The summed E-state index contributed by atoms with van der Waals surface area (Å²) in [5.41, 5.74) is 3.42. The molecule has 0 bridgehead atoms. The number of benzene rings is 1. The fraction of sp³-hybridized carbons (Fsp3) is 0.733. The summed E-state index contributed by atoms with van der Waals surface area (Å²) in [5, 5.41) is 10.1. The highest BCUT2D eigenvalue weighted by molar-refractivity contribution is 6.41. The lowest BCUT2D eigenvalue weighted by Gasteiger charge is -2.41. The number of fused-ring (bicyclic) bond motifs is 1. The highest BCUT2D eigenvalue weighted by Gasteiger charge is 2.33. The van der Waals surface area contributed by atoms with E-state index >= 15 is 0 Å². The molecule has 0 spiro atoms. The summed E-state index contributed by atoms with van der Waals surface area (Å²) in [5.74, 6) is -0.0851. The fourth-order valence-electron chi connectivity index (χ4n) is 5.94. The molecule has 1 aromatic rings. The largest absolute Gasteiger partial charge is 0.381 e. The molecule has 1 saturated carbocycles. The number of amides is 1. The monoisotopic (exact) mass is 557 g/mol. The summed E-state index contributed by atoms with van der Waals surface area (Å²) < 4.78 is 11.6. The number of nitrogens with zero attached hydrogens (tertiary/aromatic N) is 4. The highest BCUT2D eigenvalue weighted by Crippen LogP contribution is 2.36. The number of hydrogen-bond donors (Lipinski definition) is 3. The molecule has 2 unspecified atom stereocenters. The van der Waals surface area contributed by atoms with Crippen LogP contribution in [0, 0.1) is 0 Å². The predicted octanol–water partition coefficient (Wildman–Crippen LogP) is 2.33. The molecule has 10 heteroatoms. The van der Waals surface area contributed by atoms with E-state index in [1.54, 1.807) is 14.2 Å². The van der Waals surface area contributed by atoms with E-state index < -0.39 is 0 Å². The Hall–Kier alpha value is -2.24. The van der Waals surface area contributed by atoms with Gasteiger partial charge in [-0.1, -0.05) is 13.8 Å². The van der Waals surface area contributed by atoms with Gasteiger partial charge in [0.05, 0.1) is 30.1 Å². The van der Waals surface area contributed by atoms with Crippen molar-refractivity contribution in [2.45, 2.75) is 63.8 Å². The average Bonchev–Trinajstić information content (AvgIpc) is 2.97. The second-order valence-electron chi connectivity index (χ2n) is 11.7. The van der Waals surface area contributed by atoms with Crippen LogP contribution in [0.15, 0.2) is 23.2 Å². The number of anilines is 2. The third-order valence-corrected chi connectivity index (χ3v) is 8.42. The molecule has 2 aliphatic heterocycles. The smallest absolute Gasteiger partial charge is 0.267 e. The van der Waals surface area contributed by atoms with Crippen LogP contribution in [0.2, 0.25) is 0 Å². The number of rotatable bonds is 13. The summed E-state index contributed by atoms with van der Waals surface area (Å²) in [6.45, 7) is 12.6. The summed E-state index contributed by atoms with van der Waals surface area (Å²) in [6, 6.07) is 7.09. The Labute approximate surface area is 240 Å². The Bertz CT molecular complexity index is 968. The van der Waals surface area contributed by atoms with Crippen molar-refractivity contribution in [3.05, 3.63) is 18.2 Å².